The van der Waals surface area contributed by atoms with Crippen molar-refractivity contribution in [1.82, 2.24) is 0 Å². The summed E-state index contributed by atoms with van der Waals surface area (Å²) >= 11 is 0. The van der Waals surface area contributed by atoms with Gasteiger partial charge in [-0.15, -0.1) is 0 Å². The van der Waals surface area contributed by atoms with Crippen LogP contribution in [0.3, 0.4) is 0 Å². The summed E-state index contributed by atoms with van der Waals surface area (Å²) in [5, 5.41) is 10.7. The van der Waals surface area contributed by atoms with Crippen LogP contribution in [0.1, 0.15) is 18.4 Å². The third-order valence-corrected chi connectivity index (χ3v) is 4.30. The maximum atomic E-state index is 14.1. The minimum atomic E-state index is -0.612. The molecule has 3 rings (SSSR count). The van der Waals surface area contributed by atoms with Crippen LogP contribution in [0.15, 0.2) is 42.5 Å². The first kappa shape index (κ1) is 17.3. The maximum absolute atomic E-state index is 14.1. The molecule has 2 aromatic rings. The monoisotopic (exact) mass is 348 g/mol. The lowest BCUT2D eigenvalue weighted by Gasteiger charge is -2.33. The van der Waals surface area contributed by atoms with E-state index in [1.54, 1.807) is 6.07 Å². The summed E-state index contributed by atoms with van der Waals surface area (Å²) in [4.78, 5) is 11.9. The van der Waals surface area contributed by atoms with Crippen molar-refractivity contribution in [3.63, 3.8) is 0 Å². The summed E-state index contributed by atoms with van der Waals surface area (Å²) in [6, 6.07) is 9.99. The van der Waals surface area contributed by atoms with Gasteiger partial charge in [0.1, 0.15) is 5.82 Å². The van der Waals surface area contributed by atoms with Crippen molar-refractivity contribution in [3.05, 3.63) is 69.8 Å². The molecule has 0 amide bonds. The summed E-state index contributed by atoms with van der Waals surface area (Å²) in [6.07, 6.45) is 1.46. The van der Waals surface area contributed by atoms with E-state index in [1.807, 2.05) is 11.0 Å². The van der Waals surface area contributed by atoms with Gasteiger partial charge in [-0.3, -0.25) is 10.1 Å². The first-order valence-electron chi connectivity index (χ1n) is 8.08. The van der Waals surface area contributed by atoms with E-state index in [4.69, 9.17) is 4.74 Å². The highest BCUT2D eigenvalue weighted by Gasteiger charge is 2.23. The van der Waals surface area contributed by atoms with E-state index in [0.717, 1.165) is 11.6 Å². The highest BCUT2D eigenvalue weighted by atomic mass is 19.1. The maximum Gasteiger partial charge on any atom is 0.272 e. The summed E-state index contributed by atoms with van der Waals surface area (Å²) in [5.41, 5.74) is 0.896. The number of anilines is 1. The number of piperidine rings is 1. The van der Waals surface area contributed by atoms with E-state index in [2.05, 4.69) is 0 Å². The molecule has 0 radical (unpaired) electrons. The molecular formula is C18H18F2N2O3. The van der Waals surface area contributed by atoms with Crippen molar-refractivity contribution in [3.8, 4) is 0 Å². The van der Waals surface area contributed by atoms with Crippen molar-refractivity contribution in [2.45, 2.75) is 25.6 Å². The van der Waals surface area contributed by atoms with Gasteiger partial charge in [0.2, 0.25) is 0 Å². The van der Waals surface area contributed by atoms with E-state index in [0.29, 0.717) is 38.2 Å². The number of nitro benzene ring substituents is 1. The van der Waals surface area contributed by atoms with Crippen molar-refractivity contribution in [2.24, 2.45) is 0 Å². The molecule has 5 nitrogen and oxygen atoms in total. The van der Waals surface area contributed by atoms with Gasteiger partial charge in [0.15, 0.2) is 5.82 Å². The number of halogens is 2. The Hall–Kier alpha value is -2.54. The smallest absolute Gasteiger partial charge is 0.272 e. The lowest BCUT2D eigenvalue weighted by Crippen LogP contribution is -2.37. The molecule has 0 spiro atoms. The van der Waals surface area contributed by atoms with E-state index < -0.39 is 10.7 Å². The number of ether oxygens (including phenoxy) is 1. The molecule has 1 aliphatic rings. The highest BCUT2D eigenvalue weighted by molar-refractivity contribution is 5.52. The predicted octanol–water partition coefficient (Wildman–Crippen LogP) is 4.06. The summed E-state index contributed by atoms with van der Waals surface area (Å²) in [6.45, 7) is 1.54. The van der Waals surface area contributed by atoms with Gasteiger partial charge >= 0.3 is 0 Å². The van der Waals surface area contributed by atoms with Crippen LogP contribution in [0, 0.1) is 21.7 Å². The largest absolute Gasteiger partial charge is 0.373 e. The van der Waals surface area contributed by atoms with Crippen LogP contribution >= 0.6 is 0 Å². The molecule has 7 heteroatoms. The van der Waals surface area contributed by atoms with Crippen LogP contribution in [-0.4, -0.2) is 24.1 Å². The molecule has 2 aromatic carbocycles. The molecule has 0 N–H and O–H groups in total. The molecule has 0 saturated carbocycles. The fourth-order valence-electron chi connectivity index (χ4n) is 2.97. The van der Waals surface area contributed by atoms with E-state index >= 15 is 0 Å². The van der Waals surface area contributed by atoms with Gasteiger partial charge in [0, 0.05) is 19.2 Å². The Labute approximate surface area is 144 Å². The Morgan fingerprint density at radius 2 is 1.92 bits per heavy atom. The summed E-state index contributed by atoms with van der Waals surface area (Å²) < 4.78 is 33.0. The van der Waals surface area contributed by atoms with Crippen LogP contribution < -0.4 is 4.90 Å². The number of nitro groups is 1. The third-order valence-electron chi connectivity index (χ3n) is 4.30. The first-order chi connectivity index (χ1) is 12.0. The SMILES string of the molecule is O=[N+]([O-])c1ccc(N2CCC(OCc3cccc(F)c3)CC2)c(F)c1. The molecule has 1 fully saturated rings. The molecular weight excluding hydrogens is 330 g/mol. The second kappa shape index (κ2) is 7.57. The number of non-ortho nitro benzene ring substituents is 1. The molecule has 1 heterocycles. The van der Waals surface area contributed by atoms with Gasteiger partial charge < -0.3 is 9.64 Å². The van der Waals surface area contributed by atoms with Gasteiger partial charge in [-0.1, -0.05) is 12.1 Å². The van der Waals surface area contributed by atoms with Gasteiger partial charge in [-0.25, -0.2) is 8.78 Å². The Balaban J connectivity index is 1.54. The third kappa shape index (κ3) is 4.30. The van der Waals surface area contributed by atoms with E-state index in [9.17, 15) is 18.9 Å². The minimum Gasteiger partial charge on any atom is -0.373 e. The summed E-state index contributed by atoms with van der Waals surface area (Å²) in [7, 11) is 0. The van der Waals surface area contributed by atoms with Crippen LogP contribution in [0.4, 0.5) is 20.2 Å². The van der Waals surface area contributed by atoms with Crippen molar-refractivity contribution in [1.29, 1.82) is 0 Å². The molecule has 0 unspecified atom stereocenters. The fraction of sp³-hybridized carbons (Fsp3) is 0.333. The lowest BCUT2D eigenvalue weighted by molar-refractivity contribution is -0.385. The van der Waals surface area contributed by atoms with Gasteiger partial charge in [-0.2, -0.15) is 0 Å². The van der Waals surface area contributed by atoms with Crippen LogP contribution in [0.2, 0.25) is 0 Å². The Morgan fingerprint density at radius 3 is 2.56 bits per heavy atom. The average molecular weight is 348 g/mol. The molecule has 0 aromatic heterocycles. The lowest BCUT2D eigenvalue weighted by atomic mass is 10.1. The Bertz CT molecular complexity index is 762. The Kier molecular flexibility index (Phi) is 5.23. The second-order valence-corrected chi connectivity index (χ2v) is 6.02. The number of nitrogens with zero attached hydrogens (tertiary/aromatic N) is 2. The molecule has 0 atom stereocenters. The standard InChI is InChI=1S/C18H18F2N2O3/c19-14-3-1-2-13(10-14)12-25-16-6-8-21(9-7-16)18-5-4-15(22(23)24)11-17(18)20/h1-5,10-11,16H,6-9,12H2. The molecule has 1 aliphatic heterocycles. The number of hydrogen-bond acceptors (Lipinski definition) is 4. The first-order valence-corrected chi connectivity index (χ1v) is 8.08. The highest BCUT2D eigenvalue weighted by Crippen LogP contribution is 2.27. The molecule has 1 saturated heterocycles. The van der Waals surface area contributed by atoms with Crippen LogP contribution in [-0.2, 0) is 11.3 Å². The Morgan fingerprint density at radius 1 is 1.16 bits per heavy atom. The molecule has 0 aliphatic carbocycles. The van der Waals surface area contributed by atoms with E-state index in [-0.39, 0.29) is 17.6 Å². The summed E-state index contributed by atoms with van der Waals surface area (Å²) in [5.74, 6) is -0.877. The number of benzene rings is 2. The fourth-order valence-corrected chi connectivity index (χ4v) is 2.97. The zero-order valence-electron chi connectivity index (χ0n) is 13.5. The second-order valence-electron chi connectivity index (χ2n) is 6.02. The van der Waals surface area contributed by atoms with Crippen molar-refractivity contribution < 1.29 is 18.4 Å². The van der Waals surface area contributed by atoms with Gasteiger partial charge in [0.05, 0.1) is 29.4 Å². The average Bonchev–Trinajstić information content (AvgIpc) is 2.60. The zero-order chi connectivity index (χ0) is 17.8. The van der Waals surface area contributed by atoms with Gasteiger partial charge in [0.25, 0.3) is 5.69 Å². The number of rotatable bonds is 5. The van der Waals surface area contributed by atoms with Crippen molar-refractivity contribution >= 4 is 11.4 Å². The minimum absolute atomic E-state index is 0.0284. The van der Waals surface area contributed by atoms with Crippen molar-refractivity contribution in [2.75, 3.05) is 18.0 Å². The van der Waals surface area contributed by atoms with E-state index in [1.165, 1.54) is 24.3 Å². The van der Waals surface area contributed by atoms with Crippen LogP contribution in [0.25, 0.3) is 0 Å². The molecule has 132 valence electrons. The quantitative estimate of drug-likeness (QED) is 0.604. The van der Waals surface area contributed by atoms with Gasteiger partial charge in [-0.05, 0) is 36.6 Å². The van der Waals surface area contributed by atoms with Crippen LogP contribution in [0.5, 0.6) is 0 Å². The molecule has 0 bridgehead atoms. The molecule has 25 heavy (non-hydrogen) atoms. The normalized spacial score (nSPS) is 15.4. The number of hydrogen-bond donors (Lipinski definition) is 0. The topological polar surface area (TPSA) is 55.6 Å². The zero-order valence-corrected chi connectivity index (χ0v) is 13.5. The predicted molar refractivity (Wildman–Crippen MR) is 89.5 cm³/mol.